The van der Waals surface area contributed by atoms with Crippen LogP contribution in [0.3, 0.4) is 0 Å². The third-order valence-electron chi connectivity index (χ3n) is 3.29. The maximum absolute atomic E-state index is 11.9. The van der Waals surface area contributed by atoms with Crippen LogP contribution in [0.25, 0.3) is 0 Å². The number of ether oxygens (including phenoxy) is 2. The molecule has 7 nitrogen and oxygen atoms in total. The highest BCUT2D eigenvalue weighted by molar-refractivity contribution is 5.92. The van der Waals surface area contributed by atoms with Crippen molar-refractivity contribution in [1.82, 2.24) is 15.5 Å². The lowest BCUT2D eigenvalue weighted by Crippen LogP contribution is -2.31. The van der Waals surface area contributed by atoms with Gasteiger partial charge in [-0.2, -0.15) is 5.10 Å². The summed E-state index contributed by atoms with van der Waals surface area (Å²) in [7, 11) is 1.57. The van der Waals surface area contributed by atoms with Gasteiger partial charge >= 0.3 is 0 Å². The normalized spacial score (nSPS) is 11.8. The number of methoxy groups -OCH3 is 1. The van der Waals surface area contributed by atoms with E-state index >= 15 is 0 Å². The molecule has 0 saturated heterocycles. The van der Waals surface area contributed by atoms with Crippen molar-refractivity contribution in [3.05, 3.63) is 41.7 Å². The number of hydrogen-bond acceptors (Lipinski definition) is 5. The van der Waals surface area contributed by atoms with E-state index in [9.17, 15) is 9.90 Å². The second-order valence-electron chi connectivity index (χ2n) is 4.99. The zero-order valence-electron chi connectivity index (χ0n) is 13.2. The van der Waals surface area contributed by atoms with E-state index in [0.29, 0.717) is 23.6 Å². The first-order valence-electron chi connectivity index (χ1n) is 7.40. The molecule has 1 aromatic carbocycles. The van der Waals surface area contributed by atoms with Gasteiger partial charge in [0.1, 0.15) is 12.3 Å². The quantitative estimate of drug-likeness (QED) is 0.685. The summed E-state index contributed by atoms with van der Waals surface area (Å²) in [4.78, 5) is 11.9. The number of nitrogens with zero attached hydrogens (tertiary/aromatic N) is 1. The Morgan fingerprint density at radius 2 is 2.13 bits per heavy atom. The summed E-state index contributed by atoms with van der Waals surface area (Å²) in [5.41, 5.74) is 0.920. The van der Waals surface area contributed by atoms with Crippen LogP contribution in [0.4, 0.5) is 0 Å². The number of aromatic amines is 1. The average Bonchev–Trinajstić information content (AvgIpc) is 3.06. The van der Waals surface area contributed by atoms with Gasteiger partial charge in [0.2, 0.25) is 0 Å². The number of carbonyl (C=O) groups is 1. The molecule has 7 heteroatoms. The molecule has 0 fully saturated rings. The summed E-state index contributed by atoms with van der Waals surface area (Å²) in [5, 5.41) is 18.8. The number of nitrogens with one attached hydrogen (secondary N) is 2. The van der Waals surface area contributed by atoms with Crippen LogP contribution in [0.5, 0.6) is 11.5 Å². The van der Waals surface area contributed by atoms with Crippen molar-refractivity contribution in [2.24, 2.45) is 0 Å². The molecule has 0 aliphatic carbocycles. The maximum Gasteiger partial charge on any atom is 0.271 e. The minimum absolute atomic E-state index is 0.204. The minimum atomic E-state index is -0.550. The largest absolute Gasteiger partial charge is 0.493 e. The van der Waals surface area contributed by atoms with Gasteiger partial charge in [-0.3, -0.25) is 9.89 Å². The van der Waals surface area contributed by atoms with Gasteiger partial charge in [0.15, 0.2) is 11.5 Å². The Bertz CT molecular complexity index is 642. The predicted octanol–water partition coefficient (Wildman–Crippen LogP) is 1.50. The first-order chi connectivity index (χ1) is 11.1. The van der Waals surface area contributed by atoms with Crippen LogP contribution < -0.4 is 14.8 Å². The van der Waals surface area contributed by atoms with Crippen molar-refractivity contribution < 1.29 is 19.4 Å². The van der Waals surface area contributed by atoms with Crippen LogP contribution in [0.2, 0.25) is 0 Å². The van der Waals surface area contributed by atoms with Crippen molar-refractivity contribution in [3.63, 3.8) is 0 Å². The summed E-state index contributed by atoms with van der Waals surface area (Å²) >= 11 is 0. The van der Waals surface area contributed by atoms with Crippen molar-refractivity contribution in [1.29, 1.82) is 0 Å². The third kappa shape index (κ3) is 4.72. The molecule has 124 valence electrons. The van der Waals surface area contributed by atoms with Crippen LogP contribution in [0.15, 0.2) is 30.3 Å². The molecule has 1 aromatic heterocycles. The highest BCUT2D eigenvalue weighted by Gasteiger charge is 2.12. The number of H-pyrrole nitrogens is 1. The zero-order chi connectivity index (χ0) is 16.7. The average molecular weight is 319 g/mol. The van der Waals surface area contributed by atoms with E-state index in [1.165, 1.54) is 0 Å². The molecule has 0 aliphatic rings. The number of aromatic nitrogens is 2. The molecule has 0 spiro atoms. The molecular weight excluding hydrogens is 298 g/mol. The van der Waals surface area contributed by atoms with E-state index in [2.05, 4.69) is 15.5 Å². The standard InChI is InChI=1S/C16H21N3O4/c1-3-12(20)9-17-16(21)13-8-11(18-19-13)10-23-15-7-5-4-6-14(15)22-2/h4-8,12,20H,3,9-10H2,1-2H3,(H,17,21)(H,18,19)/t12-/m0/s1. The van der Waals surface area contributed by atoms with Crippen LogP contribution in [-0.2, 0) is 6.61 Å². The molecule has 23 heavy (non-hydrogen) atoms. The molecular formula is C16H21N3O4. The second-order valence-corrected chi connectivity index (χ2v) is 4.99. The fourth-order valence-electron chi connectivity index (χ4n) is 1.89. The molecule has 0 bridgehead atoms. The molecule has 3 N–H and O–H groups in total. The SMILES string of the molecule is CC[C@H](O)CNC(=O)c1cc(COc2ccccc2OC)[nH]n1. The molecule has 0 radical (unpaired) electrons. The van der Waals surface area contributed by atoms with Crippen LogP contribution in [-0.4, -0.2) is 41.0 Å². The van der Waals surface area contributed by atoms with E-state index in [-0.39, 0.29) is 24.8 Å². The number of benzene rings is 1. The topological polar surface area (TPSA) is 96.5 Å². The Hall–Kier alpha value is -2.54. The first-order valence-corrected chi connectivity index (χ1v) is 7.40. The van der Waals surface area contributed by atoms with Crippen molar-refractivity contribution in [2.75, 3.05) is 13.7 Å². The fourth-order valence-corrected chi connectivity index (χ4v) is 1.89. The number of carbonyl (C=O) groups excluding carboxylic acids is 1. The van der Waals surface area contributed by atoms with Crippen molar-refractivity contribution in [2.45, 2.75) is 26.1 Å². The van der Waals surface area contributed by atoms with Gasteiger partial charge in [-0.15, -0.1) is 0 Å². The smallest absolute Gasteiger partial charge is 0.271 e. The van der Waals surface area contributed by atoms with Gasteiger partial charge < -0.3 is 19.9 Å². The lowest BCUT2D eigenvalue weighted by molar-refractivity contribution is 0.0909. The fraction of sp³-hybridized carbons (Fsp3) is 0.375. The number of rotatable bonds is 8. The Balaban J connectivity index is 1.90. The van der Waals surface area contributed by atoms with Gasteiger partial charge in [0.25, 0.3) is 5.91 Å². The Morgan fingerprint density at radius 1 is 1.39 bits per heavy atom. The second kappa shape index (κ2) is 8.19. The molecule has 1 heterocycles. The molecule has 1 atom stereocenters. The summed E-state index contributed by atoms with van der Waals surface area (Å²) in [6.45, 7) is 2.28. The Labute approximate surface area is 134 Å². The molecule has 0 aliphatic heterocycles. The van der Waals surface area contributed by atoms with Gasteiger partial charge in [0, 0.05) is 6.54 Å². The van der Waals surface area contributed by atoms with E-state index in [4.69, 9.17) is 9.47 Å². The number of aliphatic hydroxyl groups is 1. The summed E-state index contributed by atoms with van der Waals surface area (Å²) < 4.78 is 10.9. The number of para-hydroxylation sites is 2. The van der Waals surface area contributed by atoms with Crippen LogP contribution in [0, 0.1) is 0 Å². The number of aliphatic hydroxyl groups excluding tert-OH is 1. The number of amides is 1. The first kappa shape index (κ1) is 16.8. The maximum atomic E-state index is 11.9. The summed E-state index contributed by atoms with van der Waals surface area (Å²) in [6.07, 6.45) is 0.0324. The van der Waals surface area contributed by atoms with Crippen LogP contribution in [0.1, 0.15) is 29.5 Å². The van der Waals surface area contributed by atoms with E-state index in [0.717, 1.165) is 0 Å². The van der Waals surface area contributed by atoms with E-state index < -0.39 is 6.10 Å². The van der Waals surface area contributed by atoms with Crippen LogP contribution >= 0.6 is 0 Å². The third-order valence-corrected chi connectivity index (χ3v) is 3.29. The summed E-state index contributed by atoms with van der Waals surface area (Å²) in [6, 6.07) is 8.93. The lowest BCUT2D eigenvalue weighted by atomic mass is 10.2. The Morgan fingerprint density at radius 3 is 2.83 bits per heavy atom. The number of hydrogen-bond donors (Lipinski definition) is 3. The summed E-state index contributed by atoms with van der Waals surface area (Å²) in [5.74, 6) is 0.914. The monoisotopic (exact) mass is 319 g/mol. The van der Waals surface area contributed by atoms with Gasteiger partial charge in [-0.25, -0.2) is 0 Å². The highest BCUT2D eigenvalue weighted by Crippen LogP contribution is 2.26. The molecule has 0 unspecified atom stereocenters. The zero-order valence-corrected chi connectivity index (χ0v) is 13.2. The highest BCUT2D eigenvalue weighted by atomic mass is 16.5. The van der Waals surface area contributed by atoms with Gasteiger partial charge in [0.05, 0.1) is 18.9 Å². The lowest BCUT2D eigenvalue weighted by Gasteiger charge is -2.09. The van der Waals surface area contributed by atoms with Gasteiger partial charge in [-0.1, -0.05) is 19.1 Å². The van der Waals surface area contributed by atoms with E-state index in [1.54, 1.807) is 25.3 Å². The Kier molecular flexibility index (Phi) is 5.99. The minimum Gasteiger partial charge on any atom is -0.493 e. The predicted molar refractivity (Wildman–Crippen MR) is 84.5 cm³/mol. The van der Waals surface area contributed by atoms with Crippen molar-refractivity contribution in [3.8, 4) is 11.5 Å². The van der Waals surface area contributed by atoms with Gasteiger partial charge in [-0.05, 0) is 24.6 Å². The van der Waals surface area contributed by atoms with E-state index in [1.807, 2.05) is 19.1 Å². The molecule has 1 amide bonds. The molecule has 2 aromatic rings. The van der Waals surface area contributed by atoms with Crippen molar-refractivity contribution >= 4 is 5.91 Å². The molecule has 2 rings (SSSR count). The molecule has 0 saturated carbocycles.